The fourth-order valence-corrected chi connectivity index (χ4v) is 3.19. The van der Waals surface area contributed by atoms with Crippen molar-refractivity contribution in [3.63, 3.8) is 0 Å². The Labute approximate surface area is 125 Å². The van der Waals surface area contributed by atoms with Crippen molar-refractivity contribution in [2.45, 2.75) is 25.8 Å². The number of aryl methyl sites for hydroxylation is 1. The minimum Gasteiger partial charge on any atom is -0.349 e. The van der Waals surface area contributed by atoms with E-state index in [4.69, 9.17) is 23.2 Å². The Morgan fingerprint density at radius 3 is 2.95 bits per heavy atom. The molecule has 0 unspecified atom stereocenters. The number of nitrogens with zero attached hydrogens (tertiary/aromatic N) is 1. The fourth-order valence-electron chi connectivity index (χ4n) is 1.65. The third-order valence-corrected chi connectivity index (χ3v) is 4.15. The van der Waals surface area contributed by atoms with Gasteiger partial charge in [-0.25, -0.2) is 4.98 Å². The predicted molar refractivity (Wildman–Crippen MR) is 77.7 cm³/mol. The van der Waals surface area contributed by atoms with E-state index in [0.717, 1.165) is 24.2 Å². The zero-order valence-electron chi connectivity index (χ0n) is 10.1. The molecule has 0 bridgehead atoms. The Morgan fingerprint density at radius 2 is 2.32 bits per heavy atom. The lowest BCUT2D eigenvalue weighted by atomic mass is 10.1. The third-order valence-electron chi connectivity index (χ3n) is 2.59. The SMILES string of the molecule is O=C(CCCc1cc(Cl)sc1Cl)NCc1ncc[nH]1. The van der Waals surface area contributed by atoms with Crippen molar-refractivity contribution < 1.29 is 4.79 Å². The number of hydrogen-bond acceptors (Lipinski definition) is 3. The van der Waals surface area contributed by atoms with Gasteiger partial charge in [0.15, 0.2) is 0 Å². The van der Waals surface area contributed by atoms with Crippen LogP contribution >= 0.6 is 34.5 Å². The maximum absolute atomic E-state index is 11.6. The van der Waals surface area contributed by atoms with Crippen molar-refractivity contribution in [3.05, 3.63) is 38.5 Å². The molecule has 0 aromatic carbocycles. The highest BCUT2D eigenvalue weighted by Crippen LogP contribution is 2.31. The van der Waals surface area contributed by atoms with Gasteiger partial charge in [0.2, 0.25) is 5.91 Å². The van der Waals surface area contributed by atoms with Crippen LogP contribution in [0, 0.1) is 0 Å². The molecule has 0 aliphatic rings. The van der Waals surface area contributed by atoms with Crippen LogP contribution in [0.4, 0.5) is 0 Å². The first-order chi connectivity index (χ1) is 9.15. The summed E-state index contributed by atoms with van der Waals surface area (Å²) in [5.74, 6) is 0.759. The molecule has 2 aromatic rings. The highest BCUT2D eigenvalue weighted by atomic mass is 35.5. The standard InChI is InChI=1S/C12H13Cl2N3OS/c13-9-6-8(12(14)19-9)2-1-3-11(18)17-7-10-15-4-5-16-10/h4-6H,1-3,7H2,(H,15,16)(H,17,18). The van der Waals surface area contributed by atoms with E-state index in [9.17, 15) is 4.79 Å². The molecule has 4 nitrogen and oxygen atoms in total. The fraction of sp³-hybridized carbons (Fsp3) is 0.333. The van der Waals surface area contributed by atoms with Gasteiger partial charge in [0.05, 0.1) is 15.2 Å². The number of amides is 1. The van der Waals surface area contributed by atoms with Crippen LogP contribution in [0.2, 0.25) is 8.67 Å². The van der Waals surface area contributed by atoms with Crippen LogP contribution in [-0.2, 0) is 17.8 Å². The van der Waals surface area contributed by atoms with Crippen LogP contribution < -0.4 is 5.32 Å². The Bertz CT molecular complexity index is 539. The van der Waals surface area contributed by atoms with E-state index in [-0.39, 0.29) is 5.91 Å². The number of imidazole rings is 1. The number of hydrogen-bond donors (Lipinski definition) is 2. The smallest absolute Gasteiger partial charge is 0.220 e. The predicted octanol–water partition coefficient (Wildman–Crippen LogP) is 3.42. The minimum atomic E-state index is 0.00819. The number of thiophene rings is 1. The van der Waals surface area contributed by atoms with Gasteiger partial charge in [-0.2, -0.15) is 0 Å². The summed E-state index contributed by atoms with van der Waals surface area (Å²) in [6.45, 7) is 0.427. The maximum Gasteiger partial charge on any atom is 0.220 e. The molecule has 0 radical (unpaired) electrons. The molecule has 0 aliphatic carbocycles. The highest BCUT2D eigenvalue weighted by molar-refractivity contribution is 7.20. The number of H-pyrrole nitrogens is 1. The number of nitrogens with one attached hydrogen (secondary N) is 2. The molecule has 7 heteroatoms. The summed E-state index contributed by atoms with van der Waals surface area (Å²) in [5.41, 5.74) is 1.01. The van der Waals surface area contributed by atoms with Crippen molar-refractivity contribution in [1.29, 1.82) is 0 Å². The topological polar surface area (TPSA) is 57.8 Å². The maximum atomic E-state index is 11.6. The Kier molecular flexibility index (Phi) is 5.24. The van der Waals surface area contributed by atoms with Gasteiger partial charge in [-0.1, -0.05) is 23.2 Å². The molecule has 2 rings (SSSR count). The average molecular weight is 318 g/mol. The van der Waals surface area contributed by atoms with E-state index in [0.29, 0.717) is 21.6 Å². The number of carbonyl (C=O) groups excluding carboxylic acids is 1. The van der Waals surface area contributed by atoms with Crippen LogP contribution in [-0.4, -0.2) is 15.9 Å². The largest absolute Gasteiger partial charge is 0.349 e. The van der Waals surface area contributed by atoms with E-state index >= 15 is 0 Å². The van der Waals surface area contributed by atoms with Crippen LogP contribution in [0.1, 0.15) is 24.2 Å². The van der Waals surface area contributed by atoms with Crippen LogP contribution in [0.15, 0.2) is 18.5 Å². The zero-order valence-corrected chi connectivity index (χ0v) is 12.4. The lowest BCUT2D eigenvalue weighted by Gasteiger charge is -2.03. The second-order valence-corrected chi connectivity index (χ2v) is 6.30. The van der Waals surface area contributed by atoms with Gasteiger partial charge >= 0.3 is 0 Å². The molecule has 19 heavy (non-hydrogen) atoms. The summed E-state index contributed by atoms with van der Waals surface area (Å²) in [4.78, 5) is 18.6. The monoisotopic (exact) mass is 317 g/mol. The number of aromatic nitrogens is 2. The first-order valence-corrected chi connectivity index (χ1v) is 7.41. The molecule has 2 aromatic heterocycles. The molecular weight excluding hydrogens is 305 g/mol. The van der Waals surface area contributed by atoms with Crippen molar-refractivity contribution in [3.8, 4) is 0 Å². The third kappa shape index (κ3) is 4.53. The van der Waals surface area contributed by atoms with E-state index in [1.807, 2.05) is 6.07 Å². The molecule has 0 atom stereocenters. The molecule has 0 saturated heterocycles. The lowest BCUT2D eigenvalue weighted by molar-refractivity contribution is -0.121. The van der Waals surface area contributed by atoms with Crippen LogP contribution in [0.5, 0.6) is 0 Å². The lowest BCUT2D eigenvalue weighted by Crippen LogP contribution is -2.23. The van der Waals surface area contributed by atoms with Crippen molar-refractivity contribution in [2.24, 2.45) is 0 Å². The van der Waals surface area contributed by atoms with Crippen molar-refractivity contribution in [2.75, 3.05) is 0 Å². The molecule has 0 saturated carbocycles. The average Bonchev–Trinajstić information content (AvgIpc) is 2.97. The van der Waals surface area contributed by atoms with Gasteiger partial charge in [-0.05, 0) is 24.5 Å². The number of aromatic amines is 1. The molecule has 2 N–H and O–H groups in total. The molecule has 2 heterocycles. The zero-order chi connectivity index (χ0) is 13.7. The van der Waals surface area contributed by atoms with E-state index in [1.54, 1.807) is 12.4 Å². The van der Waals surface area contributed by atoms with E-state index in [1.165, 1.54) is 11.3 Å². The summed E-state index contributed by atoms with van der Waals surface area (Å²) in [6.07, 6.45) is 5.35. The summed E-state index contributed by atoms with van der Waals surface area (Å²) in [5, 5.41) is 2.80. The number of rotatable bonds is 6. The van der Waals surface area contributed by atoms with E-state index < -0.39 is 0 Å². The minimum absolute atomic E-state index is 0.00819. The Hall–Kier alpha value is -1.04. The second-order valence-electron chi connectivity index (χ2n) is 4.02. The quantitative estimate of drug-likeness (QED) is 0.857. The first kappa shape index (κ1) is 14.4. The second kappa shape index (κ2) is 6.93. The van der Waals surface area contributed by atoms with Gasteiger partial charge in [-0.15, -0.1) is 11.3 Å². The number of carbonyl (C=O) groups is 1. The molecule has 1 amide bonds. The Balaban J connectivity index is 1.68. The van der Waals surface area contributed by atoms with Crippen molar-refractivity contribution in [1.82, 2.24) is 15.3 Å². The normalized spacial score (nSPS) is 10.6. The molecule has 0 spiro atoms. The van der Waals surface area contributed by atoms with Gasteiger partial charge in [0, 0.05) is 18.8 Å². The molecular formula is C12H13Cl2N3OS. The summed E-state index contributed by atoms with van der Waals surface area (Å²) < 4.78 is 1.39. The summed E-state index contributed by atoms with van der Waals surface area (Å²) in [6, 6.07) is 1.86. The van der Waals surface area contributed by atoms with Gasteiger partial charge < -0.3 is 10.3 Å². The highest BCUT2D eigenvalue weighted by Gasteiger charge is 2.07. The molecule has 0 aliphatic heterocycles. The Morgan fingerprint density at radius 1 is 1.47 bits per heavy atom. The summed E-state index contributed by atoms with van der Waals surface area (Å²) >= 11 is 13.2. The van der Waals surface area contributed by atoms with Gasteiger partial charge in [0.25, 0.3) is 0 Å². The summed E-state index contributed by atoms with van der Waals surface area (Å²) in [7, 11) is 0. The van der Waals surface area contributed by atoms with Crippen molar-refractivity contribution >= 4 is 40.4 Å². The molecule has 0 fully saturated rings. The van der Waals surface area contributed by atoms with Crippen LogP contribution in [0.3, 0.4) is 0 Å². The first-order valence-electron chi connectivity index (χ1n) is 5.84. The number of halogens is 2. The molecule has 102 valence electrons. The van der Waals surface area contributed by atoms with E-state index in [2.05, 4.69) is 15.3 Å². The van der Waals surface area contributed by atoms with Gasteiger partial charge in [0.1, 0.15) is 5.82 Å². The van der Waals surface area contributed by atoms with Crippen LogP contribution in [0.25, 0.3) is 0 Å². The van der Waals surface area contributed by atoms with Gasteiger partial charge in [-0.3, -0.25) is 4.79 Å².